The zero-order valence-electron chi connectivity index (χ0n) is 15.1. The van der Waals surface area contributed by atoms with E-state index < -0.39 is 27.8 Å². The maximum atomic E-state index is 12.3. The number of nitrogens with one attached hydrogen (secondary N) is 2. The fourth-order valence-corrected chi connectivity index (χ4v) is 3.76. The molecule has 144 valence electrons. The standard InChI is InChI=1S/C18H26N2O5S/c1-12(2)8-15(18(22)23)11-19-17(21)14-4-3-5-16(9-14)26(24,25)20-10-13-6-7-13/h3-5,9,12-13,15,20H,6-8,10-11H2,1-2H3,(H,19,21)(H,22,23). The Hall–Kier alpha value is -1.93. The number of amides is 1. The third-order valence-corrected chi connectivity index (χ3v) is 5.70. The highest BCUT2D eigenvalue weighted by Gasteiger charge is 2.25. The minimum absolute atomic E-state index is 0.00323. The first-order valence-electron chi connectivity index (χ1n) is 8.79. The molecule has 0 radical (unpaired) electrons. The molecular formula is C18H26N2O5S. The Labute approximate surface area is 154 Å². The van der Waals surface area contributed by atoms with Crippen LogP contribution in [0.15, 0.2) is 29.2 Å². The van der Waals surface area contributed by atoms with Gasteiger partial charge in [-0.3, -0.25) is 9.59 Å². The van der Waals surface area contributed by atoms with Crippen LogP contribution in [-0.2, 0) is 14.8 Å². The van der Waals surface area contributed by atoms with Crippen LogP contribution in [-0.4, -0.2) is 38.5 Å². The molecule has 0 heterocycles. The molecule has 0 saturated heterocycles. The van der Waals surface area contributed by atoms with Crippen molar-refractivity contribution in [1.82, 2.24) is 10.0 Å². The molecule has 1 aromatic carbocycles. The molecule has 1 amide bonds. The Morgan fingerprint density at radius 1 is 1.27 bits per heavy atom. The number of carboxylic acid groups (broad SMARTS) is 1. The van der Waals surface area contributed by atoms with Crippen molar-refractivity contribution in [3.63, 3.8) is 0 Å². The van der Waals surface area contributed by atoms with E-state index in [1.165, 1.54) is 24.3 Å². The molecule has 1 saturated carbocycles. The predicted molar refractivity (Wildman–Crippen MR) is 97.3 cm³/mol. The number of sulfonamides is 1. The number of carbonyl (C=O) groups is 2. The molecule has 0 aromatic heterocycles. The maximum absolute atomic E-state index is 12.3. The van der Waals surface area contributed by atoms with Crippen LogP contribution in [0.3, 0.4) is 0 Å². The van der Waals surface area contributed by atoms with Gasteiger partial charge in [0.05, 0.1) is 10.8 Å². The van der Waals surface area contributed by atoms with Gasteiger partial charge >= 0.3 is 5.97 Å². The zero-order chi connectivity index (χ0) is 19.3. The molecule has 7 nitrogen and oxygen atoms in total. The van der Waals surface area contributed by atoms with Gasteiger partial charge in [-0.2, -0.15) is 0 Å². The van der Waals surface area contributed by atoms with E-state index >= 15 is 0 Å². The molecule has 0 bridgehead atoms. The molecule has 1 aromatic rings. The molecule has 0 spiro atoms. The van der Waals surface area contributed by atoms with Gasteiger partial charge in [-0.15, -0.1) is 0 Å². The first-order valence-corrected chi connectivity index (χ1v) is 10.3. The average molecular weight is 382 g/mol. The highest BCUT2D eigenvalue weighted by atomic mass is 32.2. The van der Waals surface area contributed by atoms with E-state index in [1.54, 1.807) is 0 Å². The van der Waals surface area contributed by atoms with Crippen molar-refractivity contribution >= 4 is 21.9 Å². The number of aliphatic carboxylic acids is 1. The average Bonchev–Trinajstić information content (AvgIpc) is 3.40. The second kappa shape index (κ2) is 8.64. The molecule has 1 aliphatic rings. The number of carbonyl (C=O) groups excluding carboxylic acids is 1. The van der Waals surface area contributed by atoms with Crippen molar-refractivity contribution < 1.29 is 23.1 Å². The molecule has 8 heteroatoms. The largest absolute Gasteiger partial charge is 0.481 e. The van der Waals surface area contributed by atoms with Crippen molar-refractivity contribution in [2.45, 2.75) is 38.0 Å². The quantitative estimate of drug-likeness (QED) is 0.572. The lowest BCUT2D eigenvalue weighted by molar-refractivity contribution is -0.142. The second-order valence-corrected chi connectivity index (χ2v) is 8.96. The lowest BCUT2D eigenvalue weighted by atomic mass is 9.97. The fourth-order valence-electron chi connectivity index (χ4n) is 2.60. The lowest BCUT2D eigenvalue weighted by Crippen LogP contribution is -2.34. The van der Waals surface area contributed by atoms with Crippen LogP contribution in [0.5, 0.6) is 0 Å². The molecular weight excluding hydrogens is 356 g/mol. The summed E-state index contributed by atoms with van der Waals surface area (Å²) in [6.45, 7) is 4.25. The van der Waals surface area contributed by atoms with Crippen LogP contribution in [0.4, 0.5) is 0 Å². The minimum atomic E-state index is -3.66. The van der Waals surface area contributed by atoms with Crippen molar-refractivity contribution in [2.75, 3.05) is 13.1 Å². The van der Waals surface area contributed by atoms with Gasteiger partial charge in [0.25, 0.3) is 5.91 Å². The summed E-state index contributed by atoms with van der Waals surface area (Å²) < 4.78 is 27.1. The highest BCUT2D eigenvalue weighted by molar-refractivity contribution is 7.89. The molecule has 26 heavy (non-hydrogen) atoms. The van der Waals surface area contributed by atoms with Crippen LogP contribution in [0.2, 0.25) is 0 Å². The van der Waals surface area contributed by atoms with Gasteiger partial charge in [0.15, 0.2) is 0 Å². The van der Waals surface area contributed by atoms with Crippen LogP contribution in [0.25, 0.3) is 0 Å². The van der Waals surface area contributed by atoms with Gasteiger partial charge in [0.2, 0.25) is 10.0 Å². The Kier molecular flexibility index (Phi) is 6.77. The van der Waals surface area contributed by atoms with Gasteiger partial charge in [-0.1, -0.05) is 19.9 Å². The number of hydrogen-bond acceptors (Lipinski definition) is 4. The van der Waals surface area contributed by atoms with Crippen LogP contribution in [0.1, 0.15) is 43.5 Å². The summed E-state index contributed by atoms with van der Waals surface area (Å²) in [6, 6.07) is 5.75. The van der Waals surface area contributed by atoms with Crippen LogP contribution in [0, 0.1) is 17.8 Å². The molecule has 3 N–H and O–H groups in total. The SMILES string of the molecule is CC(C)CC(CNC(=O)c1cccc(S(=O)(=O)NCC2CC2)c1)C(=O)O. The fraction of sp³-hybridized carbons (Fsp3) is 0.556. The molecule has 1 atom stereocenters. The van der Waals surface area contributed by atoms with Crippen molar-refractivity contribution in [1.29, 1.82) is 0 Å². The summed E-state index contributed by atoms with van der Waals surface area (Å²) in [6.07, 6.45) is 2.52. The number of benzene rings is 1. The maximum Gasteiger partial charge on any atom is 0.308 e. The summed E-state index contributed by atoms with van der Waals surface area (Å²) in [5, 5.41) is 11.8. The van der Waals surface area contributed by atoms with Crippen molar-refractivity contribution in [3.8, 4) is 0 Å². The molecule has 2 rings (SSSR count). The van der Waals surface area contributed by atoms with Gasteiger partial charge in [-0.05, 0) is 49.3 Å². The van der Waals surface area contributed by atoms with Gasteiger partial charge in [0, 0.05) is 18.7 Å². The van der Waals surface area contributed by atoms with E-state index in [9.17, 15) is 23.1 Å². The summed E-state index contributed by atoms with van der Waals surface area (Å²) in [7, 11) is -3.66. The summed E-state index contributed by atoms with van der Waals surface area (Å²) in [5.41, 5.74) is 0.188. The van der Waals surface area contributed by atoms with E-state index in [0.717, 1.165) is 12.8 Å². The zero-order valence-corrected chi connectivity index (χ0v) is 15.9. The smallest absolute Gasteiger partial charge is 0.308 e. The monoisotopic (exact) mass is 382 g/mol. The van der Waals surface area contributed by atoms with E-state index in [0.29, 0.717) is 18.9 Å². The van der Waals surface area contributed by atoms with Crippen molar-refractivity contribution in [3.05, 3.63) is 29.8 Å². The number of rotatable bonds is 10. The lowest BCUT2D eigenvalue weighted by Gasteiger charge is -2.15. The topological polar surface area (TPSA) is 113 Å². The summed E-state index contributed by atoms with van der Waals surface area (Å²) in [4.78, 5) is 23.6. The predicted octanol–water partition coefficient (Wildman–Crippen LogP) is 1.85. The van der Waals surface area contributed by atoms with E-state index in [1.807, 2.05) is 13.8 Å². The molecule has 1 unspecified atom stereocenters. The van der Waals surface area contributed by atoms with Gasteiger partial charge < -0.3 is 10.4 Å². The first-order chi connectivity index (χ1) is 12.2. The second-order valence-electron chi connectivity index (χ2n) is 7.20. The van der Waals surface area contributed by atoms with E-state index in [4.69, 9.17) is 0 Å². The normalized spacial score (nSPS) is 15.7. The van der Waals surface area contributed by atoms with Gasteiger partial charge in [-0.25, -0.2) is 13.1 Å². The van der Waals surface area contributed by atoms with Crippen LogP contribution < -0.4 is 10.0 Å². The highest BCUT2D eigenvalue weighted by Crippen LogP contribution is 2.28. The third-order valence-electron chi connectivity index (χ3n) is 4.28. The third kappa shape index (κ3) is 6.10. The van der Waals surface area contributed by atoms with Gasteiger partial charge in [0.1, 0.15) is 0 Å². The Balaban J connectivity index is 2.01. The van der Waals surface area contributed by atoms with Crippen molar-refractivity contribution in [2.24, 2.45) is 17.8 Å². The summed E-state index contributed by atoms with van der Waals surface area (Å²) >= 11 is 0. The summed E-state index contributed by atoms with van der Waals surface area (Å²) in [5.74, 6) is -1.52. The minimum Gasteiger partial charge on any atom is -0.481 e. The van der Waals surface area contributed by atoms with E-state index in [-0.39, 0.29) is 22.9 Å². The molecule has 1 aliphatic carbocycles. The van der Waals surface area contributed by atoms with Crippen LogP contribution >= 0.6 is 0 Å². The number of hydrogen-bond donors (Lipinski definition) is 3. The first kappa shape index (κ1) is 20.4. The Bertz CT molecular complexity index is 757. The molecule has 0 aliphatic heterocycles. The number of carboxylic acids is 1. The Morgan fingerprint density at radius 3 is 2.54 bits per heavy atom. The molecule has 1 fully saturated rings. The van der Waals surface area contributed by atoms with E-state index in [2.05, 4.69) is 10.0 Å². The Morgan fingerprint density at radius 2 is 1.96 bits per heavy atom.